The number of carbonyl (C=O) groups excluding carboxylic acids is 1. The summed E-state index contributed by atoms with van der Waals surface area (Å²) in [4.78, 5) is 21.9. The molecule has 0 atom stereocenters. The minimum atomic E-state index is -0.670. The summed E-state index contributed by atoms with van der Waals surface area (Å²) in [5, 5.41) is 17.3. The molecule has 1 aromatic carbocycles. The molecule has 0 aliphatic heterocycles. The van der Waals surface area contributed by atoms with Gasteiger partial charge in [-0.2, -0.15) is 5.10 Å². The Bertz CT molecular complexity index is 1030. The number of amides is 1. The molecule has 10 heteroatoms. The molecule has 0 saturated heterocycles. The van der Waals surface area contributed by atoms with Crippen LogP contribution < -0.4 is 5.32 Å². The fourth-order valence-corrected chi connectivity index (χ4v) is 2.62. The number of hydrogen-bond donors (Lipinski definition) is 1. The quantitative estimate of drug-likeness (QED) is 0.358. The topological polar surface area (TPSA) is 103 Å². The SMILES string of the molecule is O=C(/C=C/c1ccc([N+](=O)[O-])o1)Nc1nn(Cc2ccccc2F)cc1Br. The fraction of sp³-hybridized carbons (Fsp3) is 0.0588. The number of nitro groups is 1. The van der Waals surface area contributed by atoms with E-state index in [1.165, 1.54) is 29.0 Å². The number of nitrogens with zero attached hydrogens (tertiary/aromatic N) is 3. The van der Waals surface area contributed by atoms with Crippen molar-refractivity contribution in [2.45, 2.75) is 6.54 Å². The third-order valence-electron chi connectivity index (χ3n) is 3.44. The number of carbonyl (C=O) groups is 1. The minimum absolute atomic E-state index is 0.168. The van der Waals surface area contributed by atoms with Gasteiger partial charge in [-0.25, -0.2) is 4.39 Å². The van der Waals surface area contributed by atoms with Gasteiger partial charge in [0.25, 0.3) is 0 Å². The highest BCUT2D eigenvalue weighted by Crippen LogP contribution is 2.21. The minimum Gasteiger partial charge on any atom is -0.401 e. The first kappa shape index (κ1) is 18.5. The van der Waals surface area contributed by atoms with Gasteiger partial charge < -0.3 is 9.73 Å². The molecule has 3 rings (SSSR count). The lowest BCUT2D eigenvalue weighted by atomic mass is 10.2. The van der Waals surface area contributed by atoms with E-state index in [2.05, 4.69) is 26.3 Å². The summed E-state index contributed by atoms with van der Waals surface area (Å²) < 4.78 is 20.7. The number of nitrogens with one attached hydrogen (secondary N) is 1. The highest BCUT2D eigenvalue weighted by molar-refractivity contribution is 9.10. The first-order valence-electron chi connectivity index (χ1n) is 7.62. The number of rotatable bonds is 6. The van der Waals surface area contributed by atoms with E-state index in [4.69, 9.17) is 4.42 Å². The first-order valence-corrected chi connectivity index (χ1v) is 8.41. The van der Waals surface area contributed by atoms with Crippen LogP contribution in [0, 0.1) is 15.9 Å². The van der Waals surface area contributed by atoms with Crippen molar-refractivity contribution in [1.82, 2.24) is 9.78 Å². The maximum atomic E-state index is 13.7. The highest BCUT2D eigenvalue weighted by atomic mass is 79.9. The molecule has 8 nitrogen and oxygen atoms in total. The van der Waals surface area contributed by atoms with Crippen LogP contribution in [-0.4, -0.2) is 20.6 Å². The van der Waals surface area contributed by atoms with Gasteiger partial charge in [0, 0.05) is 17.8 Å². The van der Waals surface area contributed by atoms with Gasteiger partial charge >= 0.3 is 5.88 Å². The summed E-state index contributed by atoms with van der Waals surface area (Å²) in [6, 6.07) is 8.90. The smallest absolute Gasteiger partial charge is 0.401 e. The number of halogens is 2. The van der Waals surface area contributed by atoms with Gasteiger partial charge in [0.2, 0.25) is 5.91 Å². The summed E-state index contributed by atoms with van der Waals surface area (Å²) in [5.41, 5.74) is 0.463. The molecule has 0 saturated carbocycles. The number of aromatic nitrogens is 2. The summed E-state index contributed by atoms with van der Waals surface area (Å²) in [6.45, 7) is 0.201. The zero-order valence-electron chi connectivity index (χ0n) is 13.6. The van der Waals surface area contributed by atoms with E-state index in [-0.39, 0.29) is 23.9 Å². The highest BCUT2D eigenvalue weighted by Gasteiger charge is 2.12. The van der Waals surface area contributed by atoms with Crippen LogP contribution in [0.1, 0.15) is 11.3 Å². The molecule has 0 spiro atoms. The Balaban J connectivity index is 1.65. The molecule has 27 heavy (non-hydrogen) atoms. The molecule has 0 aliphatic carbocycles. The molecule has 0 unspecified atom stereocenters. The molecule has 1 amide bonds. The predicted molar refractivity (Wildman–Crippen MR) is 98.5 cm³/mol. The number of benzene rings is 1. The van der Waals surface area contributed by atoms with Crippen LogP contribution in [0.4, 0.5) is 16.1 Å². The molecule has 138 valence electrons. The Morgan fingerprint density at radius 1 is 1.37 bits per heavy atom. The van der Waals surface area contributed by atoms with E-state index >= 15 is 0 Å². The van der Waals surface area contributed by atoms with E-state index in [0.29, 0.717) is 10.0 Å². The van der Waals surface area contributed by atoms with Gasteiger partial charge in [0.15, 0.2) is 5.82 Å². The van der Waals surface area contributed by atoms with E-state index < -0.39 is 16.7 Å². The average Bonchev–Trinajstić information content (AvgIpc) is 3.22. The predicted octanol–water partition coefficient (Wildman–Crippen LogP) is 3.99. The average molecular weight is 435 g/mol. The molecule has 0 bridgehead atoms. The Labute approximate surface area is 160 Å². The second-order valence-electron chi connectivity index (χ2n) is 5.37. The molecule has 3 aromatic rings. The summed E-state index contributed by atoms with van der Waals surface area (Å²) in [5.74, 6) is -0.840. The second kappa shape index (κ2) is 7.96. The van der Waals surface area contributed by atoms with Gasteiger partial charge in [-0.15, -0.1) is 0 Å². The summed E-state index contributed by atoms with van der Waals surface area (Å²) in [6.07, 6.45) is 4.07. The Kier molecular flexibility index (Phi) is 5.46. The van der Waals surface area contributed by atoms with Crippen LogP contribution in [0.3, 0.4) is 0 Å². The van der Waals surface area contributed by atoms with Crippen molar-refractivity contribution in [2.75, 3.05) is 5.32 Å². The summed E-state index contributed by atoms with van der Waals surface area (Å²) >= 11 is 3.28. The molecule has 0 radical (unpaired) electrons. The maximum Gasteiger partial charge on any atom is 0.433 e. The third-order valence-corrected chi connectivity index (χ3v) is 4.02. The van der Waals surface area contributed by atoms with Gasteiger partial charge in [-0.3, -0.25) is 19.6 Å². The number of hydrogen-bond acceptors (Lipinski definition) is 5. The molecular formula is C17H12BrFN4O4. The second-order valence-corrected chi connectivity index (χ2v) is 6.22. The Morgan fingerprint density at radius 3 is 2.85 bits per heavy atom. The monoisotopic (exact) mass is 434 g/mol. The Morgan fingerprint density at radius 2 is 2.15 bits per heavy atom. The van der Waals surface area contributed by atoms with Crippen LogP contribution in [0.15, 0.2) is 57.6 Å². The van der Waals surface area contributed by atoms with Crippen LogP contribution in [0.25, 0.3) is 6.08 Å². The van der Waals surface area contributed by atoms with Crippen LogP contribution in [0.5, 0.6) is 0 Å². The van der Waals surface area contributed by atoms with E-state index in [9.17, 15) is 19.3 Å². The van der Waals surface area contributed by atoms with Gasteiger partial charge in [0.1, 0.15) is 16.5 Å². The van der Waals surface area contributed by atoms with Crippen LogP contribution >= 0.6 is 15.9 Å². The molecular weight excluding hydrogens is 423 g/mol. The van der Waals surface area contributed by atoms with Crippen molar-refractivity contribution < 1.29 is 18.5 Å². The normalized spacial score (nSPS) is 11.0. The van der Waals surface area contributed by atoms with Crippen molar-refractivity contribution in [1.29, 1.82) is 0 Å². The zero-order chi connectivity index (χ0) is 19.4. The molecule has 1 N–H and O–H groups in total. The van der Waals surface area contributed by atoms with E-state index in [1.54, 1.807) is 24.4 Å². The van der Waals surface area contributed by atoms with Crippen LogP contribution in [0.2, 0.25) is 0 Å². The largest absolute Gasteiger partial charge is 0.433 e. The zero-order valence-corrected chi connectivity index (χ0v) is 15.2. The lowest BCUT2D eigenvalue weighted by Gasteiger charge is -2.03. The van der Waals surface area contributed by atoms with Crippen LogP contribution in [-0.2, 0) is 11.3 Å². The molecule has 2 heterocycles. The third kappa shape index (κ3) is 4.67. The number of anilines is 1. The lowest BCUT2D eigenvalue weighted by Crippen LogP contribution is -2.10. The van der Waals surface area contributed by atoms with Crippen molar-refractivity contribution >= 4 is 39.6 Å². The van der Waals surface area contributed by atoms with Gasteiger partial charge in [0.05, 0.1) is 17.1 Å². The molecule has 0 fully saturated rings. The summed E-state index contributed by atoms with van der Waals surface area (Å²) in [7, 11) is 0. The first-order chi connectivity index (χ1) is 12.9. The molecule has 0 aliphatic rings. The van der Waals surface area contributed by atoms with Crippen molar-refractivity contribution in [3.05, 3.63) is 80.4 Å². The van der Waals surface area contributed by atoms with Crippen molar-refractivity contribution in [3.63, 3.8) is 0 Å². The van der Waals surface area contributed by atoms with E-state index in [0.717, 1.165) is 6.08 Å². The standard InChI is InChI=1S/C17H12BrFN4O4/c18-13-10-22(9-11-3-1-2-4-14(11)19)21-17(13)20-15(24)7-5-12-6-8-16(27-12)23(25)26/h1-8,10H,9H2,(H,20,21,24)/b7-5+. The fourth-order valence-electron chi connectivity index (χ4n) is 2.21. The van der Waals surface area contributed by atoms with Crippen molar-refractivity contribution in [2.24, 2.45) is 0 Å². The molecule has 2 aromatic heterocycles. The lowest BCUT2D eigenvalue weighted by molar-refractivity contribution is -0.402. The maximum absolute atomic E-state index is 13.7. The van der Waals surface area contributed by atoms with Crippen molar-refractivity contribution in [3.8, 4) is 0 Å². The Hall–Kier alpha value is -3.27. The number of furan rings is 1. The van der Waals surface area contributed by atoms with Gasteiger partial charge in [-0.05, 0) is 34.1 Å². The van der Waals surface area contributed by atoms with Gasteiger partial charge in [-0.1, -0.05) is 18.2 Å². The van der Waals surface area contributed by atoms with E-state index in [1.807, 2.05) is 0 Å².